The van der Waals surface area contributed by atoms with E-state index in [9.17, 15) is 9.90 Å². The largest absolute Gasteiger partial charge is 0.481 e. The zero-order chi connectivity index (χ0) is 12.5. The molecular weight excluding hydrogens is 212 g/mol. The molecule has 2 aliphatic rings. The molecule has 98 valence electrons. The summed E-state index contributed by atoms with van der Waals surface area (Å²) < 4.78 is 0. The van der Waals surface area contributed by atoms with Gasteiger partial charge in [0.2, 0.25) is 0 Å². The highest BCUT2D eigenvalue weighted by Gasteiger charge is 2.48. The SMILES string of the molecule is CC1CCCC(C2(C(=O)O)CCCC(C)C2)C1. The molecule has 2 fully saturated rings. The van der Waals surface area contributed by atoms with Gasteiger partial charge in [0, 0.05) is 0 Å². The molecule has 2 aliphatic carbocycles. The Balaban J connectivity index is 2.18. The van der Waals surface area contributed by atoms with E-state index < -0.39 is 5.97 Å². The topological polar surface area (TPSA) is 37.3 Å². The Hall–Kier alpha value is -0.530. The van der Waals surface area contributed by atoms with Crippen molar-refractivity contribution in [1.29, 1.82) is 0 Å². The smallest absolute Gasteiger partial charge is 0.309 e. The van der Waals surface area contributed by atoms with Crippen molar-refractivity contribution in [3.8, 4) is 0 Å². The predicted octanol–water partition coefficient (Wildman–Crippen LogP) is 4.09. The number of aliphatic carboxylic acids is 1. The van der Waals surface area contributed by atoms with Gasteiger partial charge in [-0.2, -0.15) is 0 Å². The van der Waals surface area contributed by atoms with Crippen LogP contribution in [0.1, 0.15) is 65.2 Å². The van der Waals surface area contributed by atoms with E-state index in [1.807, 2.05) is 0 Å². The first-order chi connectivity index (χ1) is 8.04. The molecule has 0 bridgehead atoms. The Bertz CT molecular complexity index is 287. The van der Waals surface area contributed by atoms with E-state index in [4.69, 9.17) is 0 Å². The molecule has 0 heterocycles. The fourth-order valence-electron chi connectivity index (χ4n) is 4.27. The predicted molar refractivity (Wildman–Crippen MR) is 68.8 cm³/mol. The molecule has 2 saturated carbocycles. The number of carbonyl (C=O) groups is 1. The van der Waals surface area contributed by atoms with Crippen molar-refractivity contribution in [3.63, 3.8) is 0 Å². The third kappa shape index (κ3) is 2.51. The molecular formula is C15H26O2. The maximum absolute atomic E-state index is 11.8. The molecule has 0 amide bonds. The lowest BCUT2D eigenvalue weighted by atomic mass is 9.58. The number of hydrogen-bond donors (Lipinski definition) is 1. The van der Waals surface area contributed by atoms with Crippen molar-refractivity contribution in [1.82, 2.24) is 0 Å². The summed E-state index contributed by atoms with van der Waals surface area (Å²) in [4.78, 5) is 11.8. The van der Waals surface area contributed by atoms with Gasteiger partial charge in [0.1, 0.15) is 0 Å². The highest BCUT2D eigenvalue weighted by atomic mass is 16.4. The van der Waals surface area contributed by atoms with E-state index >= 15 is 0 Å². The van der Waals surface area contributed by atoms with Gasteiger partial charge in [-0.15, -0.1) is 0 Å². The minimum absolute atomic E-state index is 0.383. The highest BCUT2D eigenvalue weighted by Crippen LogP contribution is 2.50. The van der Waals surface area contributed by atoms with Gasteiger partial charge < -0.3 is 5.11 Å². The molecule has 4 unspecified atom stereocenters. The third-order valence-electron chi connectivity index (χ3n) is 5.18. The quantitative estimate of drug-likeness (QED) is 0.786. The monoisotopic (exact) mass is 238 g/mol. The molecule has 17 heavy (non-hydrogen) atoms. The van der Waals surface area contributed by atoms with Gasteiger partial charge in [0.25, 0.3) is 0 Å². The highest BCUT2D eigenvalue weighted by molar-refractivity contribution is 5.75. The summed E-state index contributed by atoms with van der Waals surface area (Å²) >= 11 is 0. The van der Waals surface area contributed by atoms with Gasteiger partial charge in [-0.05, 0) is 43.4 Å². The van der Waals surface area contributed by atoms with Crippen LogP contribution in [0.3, 0.4) is 0 Å². The van der Waals surface area contributed by atoms with Crippen LogP contribution in [-0.2, 0) is 4.79 Å². The lowest BCUT2D eigenvalue weighted by Crippen LogP contribution is -2.44. The lowest BCUT2D eigenvalue weighted by Gasteiger charge is -2.45. The molecule has 1 N–H and O–H groups in total. The van der Waals surface area contributed by atoms with Gasteiger partial charge in [-0.25, -0.2) is 0 Å². The van der Waals surface area contributed by atoms with Crippen molar-refractivity contribution >= 4 is 5.97 Å². The molecule has 2 rings (SSSR count). The van der Waals surface area contributed by atoms with Crippen LogP contribution in [0.5, 0.6) is 0 Å². The molecule has 0 spiro atoms. The van der Waals surface area contributed by atoms with Gasteiger partial charge in [0.05, 0.1) is 5.41 Å². The summed E-state index contributed by atoms with van der Waals surface area (Å²) in [5.41, 5.74) is -0.383. The second kappa shape index (κ2) is 4.99. The Kier molecular flexibility index (Phi) is 3.79. The Morgan fingerprint density at radius 1 is 1.12 bits per heavy atom. The first-order valence-electron chi connectivity index (χ1n) is 7.28. The van der Waals surface area contributed by atoms with Crippen LogP contribution in [0.4, 0.5) is 0 Å². The molecule has 2 nitrogen and oxygen atoms in total. The van der Waals surface area contributed by atoms with E-state index in [2.05, 4.69) is 13.8 Å². The van der Waals surface area contributed by atoms with Crippen molar-refractivity contribution in [2.75, 3.05) is 0 Å². The van der Waals surface area contributed by atoms with Crippen LogP contribution in [0, 0.1) is 23.2 Å². The molecule has 0 aliphatic heterocycles. The number of carboxylic acid groups (broad SMARTS) is 1. The maximum Gasteiger partial charge on any atom is 0.309 e. The van der Waals surface area contributed by atoms with Crippen molar-refractivity contribution in [3.05, 3.63) is 0 Å². The molecule has 0 radical (unpaired) electrons. The standard InChI is InChI=1S/C15H26O2/c1-11-5-3-7-13(9-11)15(14(16)17)8-4-6-12(2)10-15/h11-13H,3-10H2,1-2H3,(H,16,17). The Morgan fingerprint density at radius 2 is 1.82 bits per heavy atom. The fourth-order valence-corrected chi connectivity index (χ4v) is 4.27. The third-order valence-corrected chi connectivity index (χ3v) is 5.18. The Labute approximate surface area is 105 Å². The molecule has 0 aromatic rings. The summed E-state index contributed by atoms with van der Waals surface area (Å²) in [5, 5.41) is 9.75. The zero-order valence-corrected chi connectivity index (χ0v) is 11.2. The zero-order valence-electron chi connectivity index (χ0n) is 11.2. The van der Waals surface area contributed by atoms with Crippen molar-refractivity contribution in [2.45, 2.75) is 65.2 Å². The molecule has 0 saturated heterocycles. The average Bonchev–Trinajstić information content (AvgIpc) is 2.28. The summed E-state index contributed by atoms with van der Waals surface area (Å²) in [6.45, 7) is 4.51. The van der Waals surface area contributed by atoms with Gasteiger partial charge in [-0.1, -0.05) is 39.5 Å². The van der Waals surface area contributed by atoms with Gasteiger partial charge >= 0.3 is 5.97 Å². The van der Waals surface area contributed by atoms with E-state index in [1.165, 1.54) is 19.3 Å². The van der Waals surface area contributed by atoms with E-state index in [0.29, 0.717) is 11.8 Å². The molecule has 0 aromatic carbocycles. The maximum atomic E-state index is 11.8. The van der Waals surface area contributed by atoms with E-state index in [-0.39, 0.29) is 5.41 Å². The summed E-state index contributed by atoms with van der Waals surface area (Å²) in [6.07, 6.45) is 8.97. The van der Waals surface area contributed by atoms with Crippen LogP contribution in [0.2, 0.25) is 0 Å². The first-order valence-corrected chi connectivity index (χ1v) is 7.28. The average molecular weight is 238 g/mol. The summed E-state index contributed by atoms with van der Waals surface area (Å²) in [5.74, 6) is 1.24. The normalized spacial score (nSPS) is 43.3. The van der Waals surface area contributed by atoms with Crippen molar-refractivity contribution < 1.29 is 9.90 Å². The first kappa shape index (κ1) is 12.9. The van der Waals surface area contributed by atoms with Crippen LogP contribution >= 0.6 is 0 Å². The minimum Gasteiger partial charge on any atom is -0.481 e. The van der Waals surface area contributed by atoms with Gasteiger partial charge in [0.15, 0.2) is 0 Å². The second-order valence-corrected chi connectivity index (χ2v) is 6.63. The number of rotatable bonds is 2. The molecule has 2 heteroatoms. The second-order valence-electron chi connectivity index (χ2n) is 6.63. The minimum atomic E-state index is -0.511. The van der Waals surface area contributed by atoms with Gasteiger partial charge in [-0.3, -0.25) is 4.79 Å². The van der Waals surface area contributed by atoms with Crippen LogP contribution in [0.15, 0.2) is 0 Å². The summed E-state index contributed by atoms with van der Waals surface area (Å²) in [6, 6.07) is 0. The number of carboxylic acids is 1. The van der Waals surface area contributed by atoms with Crippen molar-refractivity contribution in [2.24, 2.45) is 23.2 Å². The summed E-state index contributed by atoms with van der Waals surface area (Å²) in [7, 11) is 0. The van der Waals surface area contributed by atoms with E-state index in [0.717, 1.165) is 38.0 Å². The number of hydrogen-bond acceptors (Lipinski definition) is 1. The Morgan fingerprint density at radius 3 is 2.41 bits per heavy atom. The van der Waals surface area contributed by atoms with Crippen LogP contribution in [0.25, 0.3) is 0 Å². The van der Waals surface area contributed by atoms with Crippen LogP contribution in [-0.4, -0.2) is 11.1 Å². The fraction of sp³-hybridized carbons (Fsp3) is 0.933. The van der Waals surface area contributed by atoms with E-state index in [1.54, 1.807) is 0 Å². The molecule has 0 aromatic heterocycles. The van der Waals surface area contributed by atoms with Crippen LogP contribution < -0.4 is 0 Å². The lowest BCUT2D eigenvalue weighted by molar-refractivity contribution is -0.158. The molecule has 4 atom stereocenters.